The molecular weight excluding hydrogens is 280 g/mol. The number of aryl methyl sites for hydroxylation is 1. The van der Waals surface area contributed by atoms with E-state index >= 15 is 0 Å². The van der Waals surface area contributed by atoms with Gasteiger partial charge in [-0.05, 0) is 24.3 Å². The predicted octanol–water partition coefficient (Wildman–Crippen LogP) is 0.439. The molecule has 1 aliphatic heterocycles. The van der Waals surface area contributed by atoms with E-state index in [1.54, 1.807) is 4.68 Å². The van der Waals surface area contributed by atoms with E-state index in [1.165, 1.54) is 5.56 Å². The second-order valence-corrected chi connectivity index (χ2v) is 6.58. The first-order valence-corrected chi connectivity index (χ1v) is 8.26. The molecule has 3 rings (SSSR count). The summed E-state index contributed by atoms with van der Waals surface area (Å²) in [6, 6.07) is 0. The summed E-state index contributed by atoms with van der Waals surface area (Å²) in [5.74, 6) is 0.808. The quantitative estimate of drug-likeness (QED) is 0.857. The lowest BCUT2D eigenvalue weighted by atomic mass is 10.1. The fourth-order valence-electron chi connectivity index (χ4n) is 3.28. The number of carbonyl (C=O) groups excluding carboxylic acids is 1. The molecule has 1 aromatic heterocycles. The van der Waals surface area contributed by atoms with Crippen LogP contribution in [0.2, 0.25) is 0 Å². The Bertz CT molecular complexity index is 522. The van der Waals surface area contributed by atoms with Crippen molar-refractivity contribution in [2.45, 2.75) is 31.8 Å². The van der Waals surface area contributed by atoms with Gasteiger partial charge in [-0.15, -0.1) is 0 Å². The number of aromatic nitrogens is 2. The number of carbonyl (C=O) groups is 1. The molecule has 3 atom stereocenters. The van der Waals surface area contributed by atoms with Crippen molar-refractivity contribution in [2.24, 2.45) is 13.0 Å². The third kappa shape index (κ3) is 3.33. The zero-order valence-electron chi connectivity index (χ0n) is 13.5. The Balaban J connectivity index is 1.47. The molecule has 0 bridgehead atoms. The molecule has 0 unspecified atom stereocenters. The largest absolute Gasteiger partial charge is 0.392 e. The van der Waals surface area contributed by atoms with Crippen LogP contribution in [0, 0.1) is 5.92 Å². The first-order chi connectivity index (χ1) is 10.6. The molecule has 2 aliphatic rings. The Kier molecular flexibility index (Phi) is 4.49. The average Bonchev–Trinajstić information content (AvgIpc) is 3.21. The van der Waals surface area contributed by atoms with E-state index in [-0.39, 0.29) is 12.0 Å². The number of aliphatic hydroxyl groups excluding tert-OH is 1. The molecule has 6 heteroatoms. The number of nitrogens with zero attached hydrogens (tertiary/aromatic N) is 4. The maximum absolute atomic E-state index is 12.6. The highest BCUT2D eigenvalue weighted by molar-refractivity contribution is 5.83. The molecule has 22 heavy (non-hydrogen) atoms. The topological polar surface area (TPSA) is 61.6 Å². The minimum atomic E-state index is -0.249. The van der Waals surface area contributed by atoms with Crippen molar-refractivity contribution in [3.63, 3.8) is 0 Å². The maximum Gasteiger partial charge on any atom is 0.226 e. The van der Waals surface area contributed by atoms with Gasteiger partial charge in [-0.1, -0.05) is 6.92 Å². The Morgan fingerprint density at radius 2 is 2.14 bits per heavy atom. The van der Waals surface area contributed by atoms with Crippen LogP contribution in [-0.4, -0.2) is 69.4 Å². The molecule has 1 saturated carbocycles. The lowest BCUT2D eigenvalue weighted by Crippen LogP contribution is -2.50. The molecule has 2 heterocycles. The van der Waals surface area contributed by atoms with E-state index in [0.717, 1.165) is 45.6 Å². The van der Waals surface area contributed by atoms with Crippen molar-refractivity contribution in [1.82, 2.24) is 19.6 Å². The molecule has 2 fully saturated rings. The Morgan fingerprint density at radius 3 is 2.73 bits per heavy atom. The van der Waals surface area contributed by atoms with E-state index in [9.17, 15) is 9.90 Å². The summed E-state index contributed by atoms with van der Waals surface area (Å²) in [5, 5.41) is 13.9. The fourth-order valence-corrected chi connectivity index (χ4v) is 3.28. The highest BCUT2D eigenvalue weighted by Crippen LogP contribution is 2.48. The van der Waals surface area contributed by atoms with Gasteiger partial charge in [0.15, 0.2) is 0 Å². The Labute approximate surface area is 131 Å². The van der Waals surface area contributed by atoms with Gasteiger partial charge < -0.3 is 10.0 Å². The summed E-state index contributed by atoms with van der Waals surface area (Å²) in [5.41, 5.74) is 1.19. The number of piperazine rings is 1. The number of hydrogen-bond acceptors (Lipinski definition) is 4. The number of amides is 1. The van der Waals surface area contributed by atoms with Gasteiger partial charge in [-0.3, -0.25) is 14.4 Å². The van der Waals surface area contributed by atoms with Crippen LogP contribution < -0.4 is 0 Å². The van der Waals surface area contributed by atoms with Crippen molar-refractivity contribution < 1.29 is 9.90 Å². The van der Waals surface area contributed by atoms with E-state index in [4.69, 9.17) is 0 Å². The SMILES string of the molecule is CC[C@H](O)CN1CCN(C(=O)[C@@H]2C[C@@H]2c2cnn(C)c2)CC1. The molecule has 1 N–H and O–H groups in total. The fraction of sp³-hybridized carbons (Fsp3) is 0.750. The van der Waals surface area contributed by atoms with E-state index < -0.39 is 0 Å². The van der Waals surface area contributed by atoms with Crippen molar-refractivity contribution in [2.75, 3.05) is 32.7 Å². The van der Waals surface area contributed by atoms with Gasteiger partial charge >= 0.3 is 0 Å². The molecule has 1 aliphatic carbocycles. The molecule has 1 aromatic rings. The molecule has 1 amide bonds. The van der Waals surface area contributed by atoms with Gasteiger partial charge in [0.25, 0.3) is 0 Å². The third-order valence-corrected chi connectivity index (χ3v) is 4.88. The first-order valence-electron chi connectivity index (χ1n) is 8.26. The van der Waals surface area contributed by atoms with Crippen molar-refractivity contribution >= 4 is 5.91 Å². The summed E-state index contributed by atoms with van der Waals surface area (Å²) in [4.78, 5) is 16.8. The van der Waals surface area contributed by atoms with Crippen LogP contribution in [0.25, 0.3) is 0 Å². The van der Waals surface area contributed by atoms with Gasteiger partial charge in [-0.25, -0.2) is 0 Å². The lowest BCUT2D eigenvalue weighted by molar-refractivity contribution is -0.134. The Hall–Kier alpha value is -1.40. The van der Waals surface area contributed by atoms with Crippen molar-refractivity contribution in [1.29, 1.82) is 0 Å². The van der Waals surface area contributed by atoms with Gasteiger partial charge in [0.05, 0.1) is 12.3 Å². The minimum Gasteiger partial charge on any atom is -0.392 e. The maximum atomic E-state index is 12.6. The number of β-amino-alcohol motifs (C(OH)–C–C–N with tert-alkyl or cyclic N) is 1. The highest BCUT2D eigenvalue weighted by atomic mass is 16.3. The molecule has 6 nitrogen and oxygen atoms in total. The molecule has 0 radical (unpaired) electrons. The molecule has 122 valence electrons. The van der Waals surface area contributed by atoms with Crippen LogP contribution in [0.15, 0.2) is 12.4 Å². The highest BCUT2D eigenvalue weighted by Gasteiger charge is 2.46. The second-order valence-electron chi connectivity index (χ2n) is 6.58. The predicted molar refractivity (Wildman–Crippen MR) is 83.4 cm³/mol. The van der Waals surface area contributed by atoms with E-state index in [1.807, 2.05) is 31.3 Å². The normalized spacial score (nSPS) is 27.0. The number of hydrogen-bond donors (Lipinski definition) is 1. The van der Waals surface area contributed by atoms with Crippen LogP contribution >= 0.6 is 0 Å². The average molecular weight is 306 g/mol. The zero-order chi connectivity index (χ0) is 15.7. The van der Waals surface area contributed by atoms with Crippen molar-refractivity contribution in [3.05, 3.63) is 18.0 Å². The smallest absolute Gasteiger partial charge is 0.226 e. The number of aliphatic hydroxyl groups is 1. The van der Waals surface area contributed by atoms with Gasteiger partial charge in [-0.2, -0.15) is 5.10 Å². The number of rotatable bonds is 5. The standard InChI is InChI=1S/C16H26N4O2/c1-3-13(21)11-19-4-6-20(7-5-19)16(22)15-8-14(15)12-9-17-18(2)10-12/h9-10,13-15,21H,3-8,11H2,1-2H3/t13-,14+,15+/m0/s1. The van der Waals surface area contributed by atoms with Crippen LogP contribution in [0.3, 0.4) is 0 Å². The van der Waals surface area contributed by atoms with E-state index in [2.05, 4.69) is 10.00 Å². The van der Waals surface area contributed by atoms with Crippen LogP contribution in [0.5, 0.6) is 0 Å². The second kappa shape index (κ2) is 6.38. The molecule has 1 saturated heterocycles. The summed E-state index contributed by atoms with van der Waals surface area (Å²) >= 11 is 0. The summed E-state index contributed by atoms with van der Waals surface area (Å²) < 4.78 is 1.80. The zero-order valence-corrected chi connectivity index (χ0v) is 13.5. The van der Waals surface area contributed by atoms with E-state index in [0.29, 0.717) is 11.8 Å². The van der Waals surface area contributed by atoms with Crippen LogP contribution in [-0.2, 0) is 11.8 Å². The van der Waals surface area contributed by atoms with Gasteiger partial charge in [0.1, 0.15) is 0 Å². The monoisotopic (exact) mass is 306 g/mol. The summed E-state index contributed by atoms with van der Waals surface area (Å²) in [6.45, 7) is 6.02. The molecular formula is C16H26N4O2. The molecule has 0 aromatic carbocycles. The first kappa shape index (κ1) is 15.5. The van der Waals surface area contributed by atoms with Crippen molar-refractivity contribution in [3.8, 4) is 0 Å². The van der Waals surface area contributed by atoms with Gasteiger partial charge in [0.2, 0.25) is 5.91 Å². The van der Waals surface area contributed by atoms with Crippen LogP contribution in [0.4, 0.5) is 0 Å². The molecule has 0 spiro atoms. The van der Waals surface area contributed by atoms with Gasteiger partial charge in [0, 0.05) is 51.9 Å². The lowest BCUT2D eigenvalue weighted by Gasteiger charge is -2.35. The van der Waals surface area contributed by atoms with Crippen LogP contribution in [0.1, 0.15) is 31.2 Å². The third-order valence-electron chi connectivity index (χ3n) is 4.88. The summed E-state index contributed by atoms with van der Waals surface area (Å²) in [6.07, 6.45) is 5.39. The Morgan fingerprint density at radius 1 is 1.41 bits per heavy atom. The minimum absolute atomic E-state index is 0.150. The summed E-state index contributed by atoms with van der Waals surface area (Å²) in [7, 11) is 1.91.